The summed E-state index contributed by atoms with van der Waals surface area (Å²) >= 11 is 5.91. The summed E-state index contributed by atoms with van der Waals surface area (Å²) in [6.45, 7) is 0.443. The van der Waals surface area contributed by atoms with E-state index in [-0.39, 0.29) is 12.3 Å². The highest BCUT2D eigenvalue weighted by Crippen LogP contribution is 2.27. The lowest BCUT2D eigenvalue weighted by Gasteiger charge is -2.11. The van der Waals surface area contributed by atoms with E-state index >= 15 is 0 Å². The predicted octanol–water partition coefficient (Wildman–Crippen LogP) is 3.04. The van der Waals surface area contributed by atoms with Crippen molar-refractivity contribution in [3.05, 3.63) is 53.1 Å². The van der Waals surface area contributed by atoms with Gasteiger partial charge in [0.2, 0.25) is 11.8 Å². The van der Waals surface area contributed by atoms with Crippen LogP contribution in [0.3, 0.4) is 0 Å². The number of anilines is 1. The van der Waals surface area contributed by atoms with Crippen LogP contribution >= 0.6 is 11.6 Å². The first-order chi connectivity index (χ1) is 12.5. The van der Waals surface area contributed by atoms with Gasteiger partial charge in [-0.15, -0.1) is 0 Å². The van der Waals surface area contributed by atoms with E-state index in [1.807, 2.05) is 24.3 Å². The minimum atomic E-state index is -0.437. The van der Waals surface area contributed by atoms with Crippen molar-refractivity contribution >= 4 is 29.1 Å². The fraction of sp³-hybridized carbons (Fsp3) is 0.263. The summed E-state index contributed by atoms with van der Waals surface area (Å²) < 4.78 is 10.3. The molecule has 26 heavy (non-hydrogen) atoms. The normalized spacial score (nSPS) is 10.1. The van der Waals surface area contributed by atoms with Crippen LogP contribution in [0.5, 0.6) is 11.5 Å². The third-order valence-electron chi connectivity index (χ3n) is 3.65. The van der Waals surface area contributed by atoms with Crippen LogP contribution in [0, 0.1) is 0 Å². The molecule has 0 fully saturated rings. The quantitative estimate of drug-likeness (QED) is 0.694. The second-order valence-electron chi connectivity index (χ2n) is 5.52. The molecule has 2 N–H and O–H groups in total. The number of carbonyl (C=O) groups is 2. The highest BCUT2D eigenvalue weighted by molar-refractivity contribution is 6.31. The van der Waals surface area contributed by atoms with Gasteiger partial charge in [0.25, 0.3) is 0 Å². The molecule has 0 radical (unpaired) electrons. The monoisotopic (exact) mass is 376 g/mol. The van der Waals surface area contributed by atoms with E-state index in [1.165, 1.54) is 7.11 Å². The lowest BCUT2D eigenvalue weighted by atomic mass is 10.1. The van der Waals surface area contributed by atoms with Crippen molar-refractivity contribution in [1.82, 2.24) is 5.32 Å². The summed E-state index contributed by atoms with van der Waals surface area (Å²) in [5.41, 5.74) is 1.50. The number of carbonyl (C=O) groups excluding carboxylic acids is 2. The minimum absolute atomic E-state index is 0.279. The van der Waals surface area contributed by atoms with Crippen LogP contribution < -0.4 is 20.1 Å². The molecule has 0 aromatic heterocycles. The topological polar surface area (TPSA) is 76.7 Å². The molecule has 0 atom stereocenters. The molecule has 0 unspecified atom stereocenters. The zero-order chi connectivity index (χ0) is 18.9. The van der Waals surface area contributed by atoms with Crippen LogP contribution in [-0.4, -0.2) is 32.6 Å². The van der Waals surface area contributed by atoms with Crippen molar-refractivity contribution in [2.75, 3.05) is 26.1 Å². The van der Waals surface area contributed by atoms with Crippen LogP contribution in [0.2, 0.25) is 5.02 Å². The fourth-order valence-electron chi connectivity index (χ4n) is 2.32. The van der Waals surface area contributed by atoms with Gasteiger partial charge in [-0.3, -0.25) is 9.59 Å². The molecular formula is C19H21ClN2O4. The molecule has 6 nitrogen and oxygen atoms in total. The van der Waals surface area contributed by atoms with Crippen molar-refractivity contribution in [3.8, 4) is 11.5 Å². The molecular weight excluding hydrogens is 356 g/mol. The van der Waals surface area contributed by atoms with E-state index in [0.717, 1.165) is 11.3 Å². The van der Waals surface area contributed by atoms with Gasteiger partial charge < -0.3 is 20.1 Å². The van der Waals surface area contributed by atoms with Gasteiger partial charge in [0.1, 0.15) is 17.9 Å². The number of rotatable bonds is 8. The third kappa shape index (κ3) is 5.97. The number of ether oxygens (including phenoxy) is 2. The Kier molecular flexibility index (Phi) is 7.29. The van der Waals surface area contributed by atoms with E-state index in [9.17, 15) is 9.59 Å². The average molecular weight is 377 g/mol. The number of halogens is 1. The Balaban J connectivity index is 1.78. The van der Waals surface area contributed by atoms with Crippen molar-refractivity contribution in [2.24, 2.45) is 0 Å². The predicted molar refractivity (Wildman–Crippen MR) is 101 cm³/mol. The largest absolute Gasteiger partial charge is 0.497 e. The van der Waals surface area contributed by atoms with Gasteiger partial charge in [0.05, 0.1) is 19.9 Å². The molecule has 0 saturated carbocycles. The molecule has 0 saturated heterocycles. The zero-order valence-corrected chi connectivity index (χ0v) is 15.4. The molecule has 7 heteroatoms. The number of hydrogen-bond acceptors (Lipinski definition) is 4. The summed E-state index contributed by atoms with van der Waals surface area (Å²) in [5.74, 6) is 0.470. The maximum absolute atomic E-state index is 12.0. The number of benzene rings is 2. The molecule has 0 aliphatic rings. The molecule has 0 spiro atoms. The SMILES string of the molecule is COc1ccc(CCNC(=O)CC(=O)Nc2cc(Cl)ccc2OC)cc1. The standard InChI is InChI=1S/C19H21ClN2O4/c1-25-15-6-3-13(4-7-15)9-10-21-18(23)12-19(24)22-16-11-14(20)5-8-17(16)26-2/h3-8,11H,9-10,12H2,1-2H3,(H,21,23)(H,22,24). The third-order valence-corrected chi connectivity index (χ3v) is 3.89. The van der Waals surface area contributed by atoms with Gasteiger partial charge in [-0.2, -0.15) is 0 Å². The summed E-state index contributed by atoms with van der Waals surface area (Å²) in [5, 5.41) is 5.82. The Morgan fingerprint density at radius 3 is 2.38 bits per heavy atom. The van der Waals surface area contributed by atoms with Gasteiger partial charge in [0, 0.05) is 11.6 Å². The van der Waals surface area contributed by atoms with Gasteiger partial charge in [-0.05, 0) is 42.3 Å². The number of nitrogens with one attached hydrogen (secondary N) is 2. The maximum atomic E-state index is 12.0. The highest BCUT2D eigenvalue weighted by atomic mass is 35.5. The Morgan fingerprint density at radius 1 is 1.00 bits per heavy atom. The van der Waals surface area contributed by atoms with Crippen LogP contribution in [-0.2, 0) is 16.0 Å². The average Bonchev–Trinajstić information content (AvgIpc) is 2.62. The number of amides is 2. The number of hydrogen-bond donors (Lipinski definition) is 2. The van der Waals surface area contributed by atoms with E-state index in [1.54, 1.807) is 25.3 Å². The van der Waals surface area contributed by atoms with Crippen LogP contribution in [0.1, 0.15) is 12.0 Å². The molecule has 0 bridgehead atoms. The van der Waals surface area contributed by atoms with Gasteiger partial charge in [-0.25, -0.2) is 0 Å². The Bertz CT molecular complexity index is 763. The smallest absolute Gasteiger partial charge is 0.233 e. The van der Waals surface area contributed by atoms with Crippen LogP contribution in [0.25, 0.3) is 0 Å². The lowest BCUT2D eigenvalue weighted by molar-refractivity contribution is -0.126. The van der Waals surface area contributed by atoms with Crippen molar-refractivity contribution in [1.29, 1.82) is 0 Å². The second-order valence-corrected chi connectivity index (χ2v) is 5.95. The lowest BCUT2D eigenvalue weighted by Crippen LogP contribution is -2.29. The summed E-state index contributed by atoms with van der Waals surface area (Å²) in [6.07, 6.45) is 0.387. The molecule has 0 aliphatic carbocycles. The summed E-state index contributed by atoms with van der Waals surface area (Å²) in [7, 11) is 3.10. The van der Waals surface area contributed by atoms with Crippen molar-refractivity contribution in [3.63, 3.8) is 0 Å². The maximum Gasteiger partial charge on any atom is 0.233 e. The molecule has 2 amide bonds. The fourth-order valence-corrected chi connectivity index (χ4v) is 2.49. The Labute approximate surface area is 157 Å². The van der Waals surface area contributed by atoms with Gasteiger partial charge in [-0.1, -0.05) is 23.7 Å². The molecule has 2 aromatic carbocycles. The Morgan fingerprint density at radius 2 is 1.73 bits per heavy atom. The zero-order valence-electron chi connectivity index (χ0n) is 14.7. The van der Waals surface area contributed by atoms with Gasteiger partial charge in [0.15, 0.2) is 0 Å². The first kappa shape index (κ1) is 19.6. The first-order valence-corrected chi connectivity index (χ1v) is 8.42. The Hall–Kier alpha value is -2.73. The molecule has 138 valence electrons. The van der Waals surface area contributed by atoms with Crippen molar-refractivity contribution < 1.29 is 19.1 Å². The highest BCUT2D eigenvalue weighted by Gasteiger charge is 2.12. The van der Waals surface area contributed by atoms with E-state index < -0.39 is 5.91 Å². The van der Waals surface area contributed by atoms with Crippen LogP contribution in [0.4, 0.5) is 5.69 Å². The molecule has 0 heterocycles. The molecule has 2 aromatic rings. The van der Waals surface area contributed by atoms with Gasteiger partial charge >= 0.3 is 0 Å². The summed E-state index contributed by atoms with van der Waals surface area (Å²) in [6, 6.07) is 12.5. The second kappa shape index (κ2) is 9.68. The first-order valence-electron chi connectivity index (χ1n) is 8.05. The van der Waals surface area contributed by atoms with Crippen molar-refractivity contribution in [2.45, 2.75) is 12.8 Å². The van der Waals surface area contributed by atoms with E-state index in [4.69, 9.17) is 21.1 Å². The summed E-state index contributed by atoms with van der Waals surface area (Å²) in [4.78, 5) is 23.9. The molecule has 0 aliphatic heterocycles. The van der Waals surface area contributed by atoms with E-state index in [0.29, 0.717) is 29.4 Å². The van der Waals surface area contributed by atoms with E-state index in [2.05, 4.69) is 10.6 Å². The molecule has 2 rings (SSSR count). The minimum Gasteiger partial charge on any atom is -0.497 e. The van der Waals surface area contributed by atoms with Crippen LogP contribution in [0.15, 0.2) is 42.5 Å². The number of methoxy groups -OCH3 is 2.